The molecule has 0 amide bonds. The second-order valence-electron chi connectivity index (χ2n) is 6.92. The molecule has 0 radical (unpaired) electrons. The minimum Gasteiger partial charge on any atom is -0.469 e. The lowest BCUT2D eigenvalue weighted by Gasteiger charge is -2.04. The van der Waals surface area contributed by atoms with Crippen LogP contribution in [0.25, 0.3) is 6.08 Å². The molecule has 0 aliphatic heterocycles. The second kappa shape index (κ2) is 15.2. The maximum absolute atomic E-state index is 12.1. The number of ketones is 1. The van der Waals surface area contributed by atoms with Crippen LogP contribution in [0.15, 0.2) is 30.4 Å². The number of rotatable bonds is 15. The summed E-state index contributed by atoms with van der Waals surface area (Å²) in [7, 11) is 1.35. The molecular weight excluding hydrogens is 372 g/mol. The molecule has 4 nitrogen and oxygen atoms in total. The van der Waals surface area contributed by atoms with Gasteiger partial charge in [-0.15, -0.1) is 11.3 Å². The number of carbonyl (C=O) groups is 2. The number of hydrogen-bond acceptors (Lipinski definition) is 5. The molecule has 0 saturated heterocycles. The maximum atomic E-state index is 12.1. The number of thiophene rings is 1. The topological polar surface area (TPSA) is 63.6 Å². The number of methoxy groups -OCH3 is 1. The summed E-state index contributed by atoms with van der Waals surface area (Å²) in [6.07, 6.45) is 16.4. The van der Waals surface area contributed by atoms with Gasteiger partial charge in [0.2, 0.25) is 0 Å². The van der Waals surface area contributed by atoms with Crippen LogP contribution in [0.4, 0.5) is 0 Å². The lowest BCUT2D eigenvalue weighted by molar-refractivity contribution is -0.140. The molecule has 28 heavy (non-hydrogen) atoms. The molecule has 1 rings (SSSR count). The first-order valence-corrected chi connectivity index (χ1v) is 11.1. The van der Waals surface area contributed by atoms with Crippen LogP contribution < -0.4 is 0 Å². The highest BCUT2D eigenvalue weighted by Gasteiger charge is 2.09. The van der Waals surface area contributed by atoms with E-state index in [1.807, 2.05) is 36.4 Å². The molecule has 0 aliphatic rings. The van der Waals surface area contributed by atoms with Crippen molar-refractivity contribution in [3.05, 3.63) is 40.1 Å². The molecule has 1 aromatic rings. The zero-order valence-corrected chi connectivity index (χ0v) is 18.0. The van der Waals surface area contributed by atoms with Gasteiger partial charge in [0.1, 0.15) is 0 Å². The zero-order chi connectivity index (χ0) is 20.6. The highest BCUT2D eigenvalue weighted by atomic mass is 32.1. The van der Waals surface area contributed by atoms with Crippen molar-refractivity contribution in [2.45, 2.75) is 77.2 Å². The van der Waals surface area contributed by atoms with Gasteiger partial charge in [0.05, 0.1) is 18.1 Å². The summed E-state index contributed by atoms with van der Waals surface area (Å²) in [4.78, 5) is 24.9. The number of Topliss-reactive ketones (excluding diaryl/α,β-unsaturated/α-hetero) is 1. The van der Waals surface area contributed by atoms with E-state index < -0.39 is 6.10 Å². The van der Waals surface area contributed by atoms with Gasteiger partial charge in [-0.05, 0) is 31.1 Å². The molecule has 0 aliphatic carbocycles. The first-order chi connectivity index (χ1) is 13.6. The Morgan fingerprint density at radius 2 is 1.82 bits per heavy atom. The molecule has 156 valence electrons. The van der Waals surface area contributed by atoms with Gasteiger partial charge in [-0.2, -0.15) is 0 Å². The third-order valence-electron chi connectivity index (χ3n) is 4.47. The van der Waals surface area contributed by atoms with E-state index in [9.17, 15) is 14.7 Å². The maximum Gasteiger partial charge on any atom is 0.305 e. The predicted octanol–water partition coefficient (Wildman–Crippen LogP) is 5.96. The van der Waals surface area contributed by atoms with Gasteiger partial charge in [0, 0.05) is 17.7 Å². The fraction of sp³-hybridized carbons (Fsp3) is 0.565. The standard InChI is InChI=1S/C23H34O4S/c1-3-4-5-6-7-8-12-19(24)13-9-10-14-20-17-18-22(28-20)21(25)15-11-16-23(26)27-2/h9-10,13-14,17-19,24H,3-8,11-12,15-16H2,1-2H3/b13-9+,14-10+. The molecule has 0 bridgehead atoms. The summed E-state index contributed by atoms with van der Waals surface area (Å²) < 4.78 is 4.57. The molecule has 0 spiro atoms. The predicted molar refractivity (Wildman–Crippen MR) is 117 cm³/mol. The number of unbranched alkanes of at least 4 members (excludes halogenated alkanes) is 5. The minimum atomic E-state index is -0.397. The smallest absolute Gasteiger partial charge is 0.305 e. The molecule has 1 unspecified atom stereocenters. The summed E-state index contributed by atoms with van der Waals surface area (Å²) in [5.74, 6) is -0.230. The molecule has 0 fully saturated rings. The molecule has 0 aromatic carbocycles. The van der Waals surface area contributed by atoms with Crippen molar-refractivity contribution in [3.63, 3.8) is 0 Å². The molecule has 1 atom stereocenters. The van der Waals surface area contributed by atoms with Crippen LogP contribution >= 0.6 is 11.3 Å². The van der Waals surface area contributed by atoms with Gasteiger partial charge in [0.15, 0.2) is 5.78 Å². The lowest BCUT2D eigenvalue weighted by Crippen LogP contribution is -2.02. The van der Waals surface area contributed by atoms with Crippen LogP contribution in [-0.2, 0) is 9.53 Å². The highest BCUT2D eigenvalue weighted by Crippen LogP contribution is 2.20. The van der Waals surface area contributed by atoms with Crippen molar-refractivity contribution in [2.24, 2.45) is 0 Å². The van der Waals surface area contributed by atoms with Gasteiger partial charge >= 0.3 is 5.97 Å². The van der Waals surface area contributed by atoms with E-state index in [4.69, 9.17) is 0 Å². The number of aliphatic hydroxyl groups is 1. The monoisotopic (exact) mass is 406 g/mol. The van der Waals surface area contributed by atoms with Crippen LogP contribution in [0, 0.1) is 0 Å². The summed E-state index contributed by atoms with van der Waals surface area (Å²) in [5, 5.41) is 9.97. The number of esters is 1. The molecule has 1 N–H and O–H groups in total. The van der Waals surface area contributed by atoms with Crippen LogP contribution in [0.3, 0.4) is 0 Å². The number of aliphatic hydroxyl groups excluding tert-OH is 1. The van der Waals surface area contributed by atoms with Crippen molar-refractivity contribution < 1.29 is 19.4 Å². The Bertz CT molecular complexity index is 630. The Kier molecular flexibility index (Phi) is 13.2. The molecule has 0 saturated carbocycles. The van der Waals surface area contributed by atoms with Gasteiger partial charge in [-0.3, -0.25) is 9.59 Å². The molecular formula is C23H34O4S. The van der Waals surface area contributed by atoms with Crippen molar-refractivity contribution in [1.82, 2.24) is 0 Å². The summed E-state index contributed by atoms with van der Waals surface area (Å²) >= 11 is 1.44. The fourth-order valence-electron chi connectivity index (χ4n) is 2.78. The SMILES string of the molecule is CCCCCCCCC(O)/C=C/C=C/c1ccc(C(=O)CCCC(=O)OC)s1. The largest absolute Gasteiger partial charge is 0.469 e. The average Bonchev–Trinajstić information content (AvgIpc) is 3.16. The van der Waals surface area contributed by atoms with Crippen molar-refractivity contribution in [2.75, 3.05) is 7.11 Å². The Morgan fingerprint density at radius 3 is 2.57 bits per heavy atom. The fourth-order valence-corrected chi connectivity index (χ4v) is 3.67. The Labute approximate surface area is 173 Å². The van der Waals surface area contributed by atoms with Gasteiger partial charge in [-0.1, -0.05) is 63.7 Å². The third kappa shape index (κ3) is 11.2. The van der Waals surface area contributed by atoms with E-state index >= 15 is 0 Å². The normalized spacial score (nSPS) is 12.7. The number of ether oxygens (including phenoxy) is 1. The van der Waals surface area contributed by atoms with E-state index in [2.05, 4.69) is 11.7 Å². The molecule has 5 heteroatoms. The third-order valence-corrected chi connectivity index (χ3v) is 5.56. The minimum absolute atomic E-state index is 0.0541. The van der Waals surface area contributed by atoms with Crippen LogP contribution in [-0.4, -0.2) is 30.1 Å². The van der Waals surface area contributed by atoms with Crippen molar-refractivity contribution in [1.29, 1.82) is 0 Å². The summed E-state index contributed by atoms with van der Waals surface area (Å²) in [6.45, 7) is 2.21. The zero-order valence-electron chi connectivity index (χ0n) is 17.2. The highest BCUT2D eigenvalue weighted by molar-refractivity contribution is 7.14. The summed E-state index contributed by atoms with van der Waals surface area (Å²) in [5.41, 5.74) is 0. The Morgan fingerprint density at radius 1 is 1.07 bits per heavy atom. The second-order valence-corrected chi connectivity index (χ2v) is 8.04. The van der Waals surface area contributed by atoms with Crippen LogP contribution in [0.5, 0.6) is 0 Å². The van der Waals surface area contributed by atoms with E-state index in [1.165, 1.54) is 50.6 Å². The number of carbonyl (C=O) groups excluding carboxylic acids is 2. The van der Waals surface area contributed by atoms with Gasteiger partial charge in [0.25, 0.3) is 0 Å². The molecule has 1 aromatic heterocycles. The first kappa shape index (κ1) is 24.3. The Balaban J connectivity index is 2.28. The summed E-state index contributed by atoms with van der Waals surface area (Å²) in [6, 6.07) is 3.73. The van der Waals surface area contributed by atoms with Gasteiger partial charge in [-0.25, -0.2) is 0 Å². The van der Waals surface area contributed by atoms with Crippen LogP contribution in [0.2, 0.25) is 0 Å². The van der Waals surface area contributed by atoms with Crippen molar-refractivity contribution in [3.8, 4) is 0 Å². The van der Waals surface area contributed by atoms with E-state index in [0.29, 0.717) is 17.7 Å². The van der Waals surface area contributed by atoms with E-state index in [-0.39, 0.29) is 18.2 Å². The quantitative estimate of drug-likeness (QED) is 0.169. The lowest BCUT2D eigenvalue weighted by atomic mass is 10.1. The first-order valence-electron chi connectivity index (χ1n) is 10.3. The van der Waals surface area contributed by atoms with Crippen molar-refractivity contribution >= 4 is 29.2 Å². The van der Waals surface area contributed by atoms with Crippen LogP contribution in [0.1, 0.15) is 85.7 Å². The molecule has 1 heterocycles. The Hall–Kier alpha value is -1.72. The van der Waals surface area contributed by atoms with E-state index in [1.54, 1.807) is 0 Å². The van der Waals surface area contributed by atoms with E-state index in [0.717, 1.165) is 17.7 Å². The number of allylic oxidation sites excluding steroid dienone is 2. The number of hydrogen-bond donors (Lipinski definition) is 1. The average molecular weight is 407 g/mol. The van der Waals surface area contributed by atoms with Gasteiger partial charge < -0.3 is 9.84 Å².